The molecule has 0 aliphatic heterocycles. The van der Waals surface area contributed by atoms with E-state index < -0.39 is 0 Å². The van der Waals surface area contributed by atoms with Gasteiger partial charge in [-0.2, -0.15) is 5.26 Å². The van der Waals surface area contributed by atoms with E-state index in [0.29, 0.717) is 10.6 Å². The first-order valence-electron chi connectivity index (χ1n) is 5.04. The van der Waals surface area contributed by atoms with Crippen LogP contribution in [0.1, 0.15) is 12.0 Å². The fraction of sp³-hybridized carbons (Fsp3) is 0.333. The molecule has 1 aromatic carbocycles. The molecule has 0 amide bonds. The Kier molecular flexibility index (Phi) is 5.08. The molecule has 0 aromatic heterocycles. The summed E-state index contributed by atoms with van der Waals surface area (Å²) < 4.78 is 13.4. The average molecular weight is 255 g/mol. The van der Waals surface area contributed by atoms with Crippen molar-refractivity contribution in [3.05, 3.63) is 34.6 Å². The van der Waals surface area contributed by atoms with Crippen LogP contribution in [0.3, 0.4) is 0 Å². The first-order chi connectivity index (χ1) is 8.02. The maximum atomic E-state index is 13.4. The lowest BCUT2D eigenvalue weighted by Crippen LogP contribution is -2.25. The van der Waals surface area contributed by atoms with E-state index in [-0.39, 0.29) is 31.1 Å². The highest BCUT2D eigenvalue weighted by atomic mass is 35.5. The minimum Gasteiger partial charge on any atom is -0.297 e. The number of nitriles is 1. The zero-order valence-corrected chi connectivity index (χ0v) is 10.2. The molecule has 90 valence electrons. The third-order valence-electron chi connectivity index (χ3n) is 2.17. The average Bonchev–Trinajstić information content (AvgIpc) is 2.23. The van der Waals surface area contributed by atoms with Gasteiger partial charge in [-0.15, -0.1) is 0 Å². The van der Waals surface area contributed by atoms with Gasteiger partial charge in [0.25, 0.3) is 0 Å². The van der Waals surface area contributed by atoms with E-state index in [1.807, 2.05) is 0 Å². The molecule has 0 atom stereocenters. The molecule has 0 saturated heterocycles. The van der Waals surface area contributed by atoms with Crippen LogP contribution in [-0.2, 0) is 11.3 Å². The molecule has 17 heavy (non-hydrogen) atoms. The molecule has 0 aliphatic carbocycles. The van der Waals surface area contributed by atoms with Crippen molar-refractivity contribution >= 4 is 17.4 Å². The van der Waals surface area contributed by atoms with Gasteiger partial charge in [0.05, 0.1) is 19.0 Å². The summed E-state index contributed by atoms with van der Waals surface area (Å²) >= 11 is 5.76. The number of Topliss-reactive ketones (excluding diaryl/α,β-unsaturated/α-hetero) is 1. The number of nitrogens with zero attached hydrogens (tertiary/aromatic N) is 2. The number of ketones is 1. The minimum atomic E-state index is -0.353. The number of likely N-dealkylation sites (N-methyl/N-ethyl adjacent to an activating group) is 1. The molecular formula is C12H12ClFN2O. The SMILES string of the molecule is CN(CC(=O)CC#N)Cc1cc(Cl)ccc1F. The Hall–Kier alpha value is -1.44. The molecule has 0 heterocycles. The molecule has 3 nitrogen and oxygen atoms in total. The van der Waals surface area contributed by atoms with Crippen LogP contribution in [0.2, 0.25) is 5.02 Å². The van der Waals surface area contributed by atoms with Crippen LogP contribution in [0.25, 0.3) is 0 Å². The van der Waals surface area contributed by atoms with Crippen LogP contribution in [0.5, 0.6) is 0 Å². The number of hydrogen-bond donors (Lipinski definition) is 0. The van der Waals surface area contributed by atoms with Crippen molar-refractivity contribution < 1.29 is 9.18 Å². The van der Waals surface area contributed by atoms with Crippen molar-refractivity contribution in [2.24, 2.45) is 0 Å². The molecule has 0 N–H and O–H groups in total. The maximum Gasteiger partial charge on any atom is 0.160 e. The summed E-state index contributed by atoms with van der Waals surface area (Å²) in [4.78, 5) is 12.9. The predicted octanol–water partition coefficient (Wildman–Crippen LogP) is 2.39. The second kappa shape index (κ2) is 6.33. The summed E-state index contributed by atoms with van der Waals surface area (Å²) in [5.41, 5.74) is 0.435. The number of hydrogen-bond acceptors (Lipinski definition) is 3. The normalized spacial score (nSPS) is 10.3. The van der Waals surface area contributed by atoms with Crippen molar-refractivity contribution in [1.82, 2.24) is 4.90 Å². The second-order valence-corrected chi connectivity index (χ2v) is 4.22. The van der Waals surface area contributed by atoms with E-state index in [9.17, 15) is 9.18 Å². The summed E-state index contributed by atoms with van der Waals surface area (Å²) in [6.45, 7) is 0.406. The lowest BCUT2D eigenvalue weighted by atomic mass is 10.2. The first kappa shape index (κ1) is 13.6. The number of carbonyl (C=O) groups excluding carboxylic acids is 1. The first-order valence-corrected chi connectivity index (χ1v) is 5.42. The molecule has 0 bridgehead atoms. The molecule has 0 unspecified atom stereocenters. The summed E-state index contributed by atoms with van der Waals surface area (Å²) in [6, 6.07) is 6.08. The Balaban J connectivity index is 2.62. The highest BCUT2D eigenvalue weighted by molar-refractivity contribution is 6.30. The third kappa shape index (κ3) is 4.51. The molecular weight excluding hydrogens is 243 g/mol. The van der Waals surface area contributed by atoms with Gasteiger partial charge < -0.3 is 0 Å². The van der Waals surface area contributed by atoms with E-state index >= 15 is 0 Å². The van der Waals surface area contributed by atoms with Crippen LogP contribution in [-0.4, -0.2) is 24.3 Å². The van der Waals surface area contributed by atoms with Crippen molar-refractivity contribution in [2.75, 3.05) is 13.6 Å². The van der Waals surface area contributed by atoms with Gasteiger partial charge in [-0.05, 0) is 25.2 Å². The highest BCUT2D eigenvalue weighted by Gasteiger charge is 2.09. The second-order valence-electron chi connectivity index (χ2n) is 3.78. The lowest BCUT2D eigenvalue weighted by Gasteiger charge is -2.15. The van der Waals surface area contributed by atoms with Crippen LogP contribution in [0, 0.1) is 17.1 Å². The number of rotatable bonds is 5. The summed E-state index contributed by atoms with van der Waals surface area (Å²) in [5.74, 6) is -0.536. The lowest BCUT2D eigenvalue weighted by molar-refractivity contribution is -0.119. The summed E-state index contributed by atoms with van der Waals surface area (Å²) in [5, 5.41) is 8.81. The zero-order valence-electron chi connectivity index (χ0n) is 9.41. The van der Waals surface area contributed by atoms with Crippen molar-refractivity contribution in [2.45, 2.75) is 13.0 Å². The molecule has 0 saturated carbocycles. The van der Waals surface area contributed by atoms with Crippen LogP contribution < -0.4 is 0 Å². The Morgan fingerprint density at radius 2 is 2.29 bits per heavy atom. The minimum absolute atomic E-state index is 0.123. The van der Waals surface area contributed by atoms with E-state index in [1.165, 1.54) is 18.2 Å². The number of carbonyl (C=O) groups is 1. The molecule has 1 rings (SSSR count). The van der Waals surface area contributed by atoms with Gasteiger partial charge in [0, 0.05) is 17.1 Å². The molecule has 0 radical (unpaired) electrons. The van der Waals surface area contributed by atoms with Crippen LogP contribution in [0.15, 0.2) is 18.2 Å². The third-order valence-corrected chi connectivity index (χ3v) is 2.41. The summed E-state index contributed by atoms with van der Waals surface area (Å²) in [7, 11) is 1.69. The monoisotopic (exact) mass is 254 g/mol. The molecule has 5 heteroatoms. The van der Waals surface area contributed by atoms with Crippen molar-refractivity contribution in [3.8, 4) is 6.07 Å². The summed E-state index contributed by atoms with van der Waals surface area (Å²) in [6.07, 6.45) is -0.123. The van der Waals surface area contributed by atoms with Gasteiger partial charge in [-0.3, -0.25) is 9.69 Å². The smallest absolute Gasteiger partial charge is 0.160 e. The molecule has 0 aliphatic rings. The van der Waals surface area contributed by atoms with Crippen molar-refractivity contribution in [1.29, 1.82) is 5.26 Å². The van der Waals surface area contributed by atoms with Gasteiger partial charge in [0.2, 0.25) is 0 Å². The van der Waals surface area contributed by atoms with Gasteiger partial charge in [0.1, 0.15) is 5.82 Å². The van der Waals surface area contributed by atoms with Crippen molar-refractivity contribution in [3.63, 3.8) is 0 Å². The Morgan fingerprint density at radius 1 is 1.59 bits per heavy atom. The fourth-order valence-corrected chi connectivity index (χ4v) is 1.65. The number of halogens is 2. The van der Waals surface area contributed by atoms with Crippen LogP contribution >= 0.6 is 11.6 Å². The van der Waals surface area contributed by atoms with Gasteiger partial charge in [-0.1, -0.05) is 11.6 Å². The molecule has 1 aromatic rings. The zero-order chi connectivity index (χ0) is 12.8. The van der Waals surface area contributed by atoms with E-state index in [2.05, 4.69) is 0 Å². The topological polar surface area (TPSA) is 44.1 Å². The van der Waals surface area contributed by atoms with Gasteiger partial charge >= 0.3 is 0 Å². The highest BCUT2D eigenvalue weighted by Crippen LogP contribution is 2.16. The standard InChI is InChI=1S/C12H12ClFN2O/c1-16(8-11(17)4-5-15)7-9-6-10(13)2-3-12(9)14/h2-3,6H,4,7-8H2,1H3. The largest absolute Gasteiger partial charge is 0.297 e. The molecule has 0 spiro atoms. The Bertz CT molecular complexity index is 456. The van der Waals surface area contributed by atoms with E-state index in [1.54, 1.807) is 18.0 Å². The van der Waals surface area contributed by atoms with Gasteiger partial charge in [-0.25, -0.2) is 4.39 Å². The quantitative estimate of drug-likeness (QED) is 0.810. The van der Waals surface area contributed by atoms with E-state index in [0.717, 1.165) is 0 Å². The Labute approximate surface area is 104 Å². The van der Waals surface area contributed by atoms with Crippen LogP contribution in [0.4, 0.5) is 4.39 Å². The molecule has 0 fully saturated rings. The van der Waals surface area contributed by atoms with E-state index in [4.69, 9.17) is 16.9 Å². The maximum absolute atomic E-state index is 13.4. The fourth-order valence-electron chi connectivity index (χ4n) is 1.46. The number of benzene rings is 1. The van der Waals surface area contributed by atoms with Gasteiger partial charge in [0.15, 0.2) is 5.78 Å². The Morgan fingerprint density at radius 3 is 2.94 bits per heavy atom. The predicted molar refractivity (Wildman–Crippen MR) is 63.0 cm³/mol.